The number of amides is 1. The maximum atomic E-state index is 10.8. The van der Waals surface area contributed by atoms with Crippen LogP contribution in [0, 0.1) is 0 Å². The van der Waals surface area contributed by atoms with Crippen molar-refractivity contribution < 1.29 is 9.53 Å². The van der Waals surface area contributed by atoms with Gasteiger partial charge < -0.3 is 4.74 Å². The van der Waals surface area contributed by atoms with Crippen LogP contribution in [-0.4, -0.2) is 30.0 Å². The monoisotopic (exact) mass is 142 g/mol. The van der Waals surface area contributed by atoms with Gasteiger partial charge in [-0.15, -0.1) is 0 Å². The predicted molar refractivity (Wildman–Crippen MR) is 36.8 cm³/mol. The first-order valence-electron chi connectivity index (χ1n) is 3.20. The number of cyclic esters (lactones) is 1. The Labute approximate surface area is 59.5 Å². The molecule has 0 aliphatic carbocycles. The van der Waals surface area contributed by atoms with Gasteiger partial charge in [-0.2, -0.15) is 10.1 Å². The second-order valence-corrected chi connectivity index (χ2v) is 2.31. The second kappa shape index (κ2) is 2.68. The third kappa shape index (κ3) is 1.26. The number of nitrogens with zero attached hydrogens (tertiary/aromatic N) is 2. The summed E-state index contributed by atoms with van der Waals surface area (Å²) in [6, 6.07) is 0.0732. The van der Waals surface area contributed by atoms with E-state index in [-0.39, 0.29) is 12.1 Å². The molecule has 0 aromatic carbocycles. The van der Waals surface area contributed by atoms with Gasteiger partial charge >= 0.3 is 6.09 Å². The molecule has 1 rings (SSSR count). The maximum absolute atomic E-state index is 10.8. The molecule has 0 bridgehead atoms. The Kier molecular flexibility index (Phi) is 1.89. The lowest BCUT2D eigenvalue weighted by molar-refractivity contribution is 0.0970. The SMILES string of the molecule is CC(C)N1N=CCOC1=O. The third-order valence-corrected chi connectivity index (χ3v) is 1.16. The molecular formula is C6H10N2O2. The van der Waals surface area contributed by atoms with E-state index in [0.717, 1.165) is 0 Å². The highest BCUT2D eigenvalue weighted by Gasteiger charge is 2.19. The molecule has 0 spiro atoms. The normalized spacial score (nSPS) is 17.9. The molecule has 0 saturated carbocycles. The number of carbonyl (C=O) groups is 1. The summed E-state index contributed by atoms with van der Waals surface area (Å²) in [5.74, 6) is 0. The van der Waals surface area contributed by atoms with Gasteiger partial charge in [0, 0.05) is 0 Å². The van der Waals surface area contributed by atoms with Gasteiger partial charge in [0.1, 0.15) is 6.61 Å². The zero-order valence-electron chi connectivity index (χ0n) is 6.07. The van der Waals surface area contributed by atoms with Crippen molar-refractivity contribution in [2.45, 2.75) is 19.9 Å². The molecule has 0 unspecified atom stereocenters. The summed E-state index contributed by atoms with van der Waals surface area (Å²) < 4.78 is 4.69. The lowest BCUT2D eigenvalue weighted by Crippen LogP contribution is -2.36. The minimum absolute atomic E-state index is 0.0732. The molecule has 4 heteroatoms. The van der Waals surface area contributed by atoms with E-state index < -0.39 is 0 Å². The van der Waals surface area contributed by atoms with Crippen molar-refractivity contribution in [1.82, 2.24) is 5.01 Å². The summed E-state index contributed by atoms with van der Waals surface area (Å²) >= 11 is 0. The largest absolute Gasteiger partial charge is 0.442 e. The standard InChI is InChI=1S/C6H10N2O2/c1-5(2)8-6(9)10-4-3-7-8/h3,5H,4H2,1-2H3. The van der Waals surface area contributed by atoms with Crippen LogP contribution in [0.1, 0.15) is 13.8 Å². The Bertz CT molecular complexity index is 165. The zero-order chi connectivity index (χ0) is 7.56. The Morgan fingerprint density at radius 1 is 1.80 bits per heavy atom. The fourth-order valence-electron chi connectivity index (χ4n) is 0.687. The van der Waals surface area contributed by atoms with Crippen LogP contribution in [0.5, 0.6) is 0 Å². The molecule has 0 fully saturated rings. The van der Waals surface area contributed by atoms with Crippen LogP contribution in [-0.2, 0) is 4.74 Å². The molecule has 1 heterocycles. The maximum Gasteiger partial charge on any atom is 0.430 e. The first-order valence-corrected chi connectivity index (χ1v) is 3.20. The minimum atomic E-state index is -0.363. The summed E-state index contributed by atoms with van der Waals surface area (Å²) in [5, 5.41) is 5.15. The molecule has 0 N–H and O–H groups in total. The van der Waals surface area contributed by atoms with Crippen LogP contribution in [0.2, 0.25) is 0 Å². The topological polar surface area (TPSA) is 41.9 Å². The second-order valence-electron chi connectivity index (χ2n) is 2.31. The van der Waals surface area contributed by atoms with Gasteiger partial charge in [-0.05, 0) is 13.8 Å². The van der Waals surface area contributed by atoms with E-state index in [1.807, 2.05) is 13.8 Å². The molecule has 4 nitrogen and oxygen atoms in total. The summed E-state index contributed by atoms with van der Waals surface area (Å²) in [4.78, 5) is 10.8. The minimum Gasteiger partial charge on any atom is -0.442 e. The van der Waals surface area contributed by atoms with Crippen molar-refractivity contribution >= 4 is 12.3 Å². The third-order valence-electron chi connectivity index (χ3n) is 1.16. The zero-order valence-corrected chi connectivity index (χ0v) is 6.07. The molecule has 0 saturated heterocycles. The summed E-state index contributed by atoms with van der Waals surface area (Å²) in [5.41, 5.74) is 0. The summed E-state index contributed by atoms with van der Waals surface area (Å²) in [6.45, 7) is 4.05. The lowest BCUT2D eigenvalue weighted by atomic mass is 10.4. The van der Waals surface area contributed by atoms with Gasteiger partial charge in [0.25, 0.3) is 0 Å². The van der Waals surface area contributed by atoms with Gasteiger partial charge in [0.05, 0.1) is 12.3 Å². The quantitative estimate of drug-likeness (QED) is 0.544. The van der Waals surface area contributed by atoms with E-state index in [1.54, 1.807) is 6.21 Å². The van der Waals surface area contributed by atoms with Gasteiger partial charge in [-0.3, -0.25) is 0 Å². The van der Waals surface area contributed by atoms with E-state index in [0.29, 0.717) is 6.61 Å². The first kappa shape index (κ1) is 7.05. The number of ether oxygens (including phenoxy) is 1. The van der Waals surface area contributed by atoms with E-state index in [9.17, 15) is 4.79 Å². The predicted octanol–water partition coefficient (Wildman–Crippen LogP) is 0.833. The molecule has 1 amide bonds. The Balaban J connectivity index is 2.64. The van der Waals surface area contributed by atoms with Crippen LogP contribution in [0.4, 0.5) is 4.79 Å². The molecule has 1 aliphatic heterocycles. The van der Waals surface area contributed by atoms with Crippen LogP contribution < -0.4 is 0 Å². The molecule has 1 aliphatic rings. The molecule has 10 heavy (non-hydrogen) atoms. The van der Waals surface area contributed by atoms with Crippen LogP contribution >= 0.6 is 0 Å². The number of rotatable bonds is 1. The van der Waals surface area contributed by atoms with Gasteiger partial charge in [-0.25, -0.2) is 4.79 Å². The van der Waals surface area contributed by atoms with Crippen molar-refractivity contribution in [1.29, 1.82) is 0 Å². The highest BCUT2D eigenvalue weighted by Crippen LogP contribution is 2.04. The van der Waals surface area contributed by atoms with Crippen molar-refractivity contribution in [2.75, 3.05) is 6.61 Å². The number of carbonyl (C=O) groups excluding carboxylic acids is 1. The van der Waals surface area contributed by atoms with E-state index in [2.05, 4.69) is 9.84 Å². The highest BCUT2D eigenvalue weighted by atomic mass is 16.6. The first-order chi connectivity index (χ1) is 4.72. The molecule has 0 atom stereocenters. The molecule has 0 radical (unpaired) electrons. The van der Waals surface area contributed by atoms with Gasteiger partial charge in [0.15, 0.2) is 0 Å². The molecule has 0 aromatic heterocycles. The average Bonchev–Trinajstić information content (AvgIpc) is 1.88. The number of hydrazone groups is 1. The molecule has 0 aromatic rings. The fraction of sp³-hybridized carbons (Fsp3) is 0.667. The van der Waals surface area contributed by atoms with Gasteiger partial charge in [-0.1, -0.05) is 0 Å². The molecule has 56 valence electrons. The van der Waals surface area contributed by atoms with Crippen LogP contribution in [0.25, 0.3) is 0 Å². The van der Waals surface area contributed by atoms with Crippen molar-refractivity contribution in [2.24, 2.45) is 5.10 Å². The van der Waals surface area contributed by atoms with Crippen LogP contribution in [0.3, 0.4) is 0 Å². The van der Waals surface area contributed by atoms with Gasteiger partial charge in [0.2, 0.25) is 0 Å². The Morgan fingerprint density at radius 2 is 2.50 bits per heavy atom. The van der Waals surface area contributed by atoms with Crippen molar-refractivity contribution in [3.05, 3.63) is 0 Å². The number of hydrogen-bond acceptors (Lipinski definition) is 3. The van der Waals surface area contributed by atoms with Crippen molar-refractivity contribution in [3.63, 3.8) is 0 Å². The van der Waals surface area contributed by atoms with E-state index in [4.69, 9.17) is 0 Å². The van der Waals surface area contributed by atoms with Crippen molar-refractivity contribution in [3.8, 4) is 0 Å². The summed E-state index contributed by atoms with van der Waals surface area (Å²) in [6.07, 6.45) is 1.21. The number of hydrogen-bond donors (Lipinski definition) is 0. The smallest absolute Gasteiger partial charge is 0.430 e. The lowest BCUT2D eigenvalue weighted by Gasteiger charge is -2.22. The fourth-order valence-corrected chi connectivity index (χ4v) is 0.687. The summed E-state index contributed by atoms with van der Waals surface area (Å²) in [7, 11) is 0. The van der Waals surface area contributed by atoms with E-state index >= 15 is 0 Å². The average molecular weight is 142 g/mol. The van der Waals surface area contributed by atoms with Crippen LogP contribution in [0.15, 0.2) is 5.10 Å². The molecular weight excluding hydrogens is 132 g/mol. The Hall–Kier alpha value is -1.06. The Morgan fingerprint density at radius 3 is 2.90 bits per heavy atom. The highest BCUT2D eigenvalue weighted by molar-refractivity contribution is 5.75. The van der Waals surface area contributed by atoms with E-state index in [1.165, 1.54) is 5.01 Å².